The number of rotatable bonds is 7. The maximum absolute atomic E-state index is 13.2. The Morgan fingerprint density at radius 1 is 1.19 bits per heavy atom. The van der Waals surface area contributed by atoms with E-state index in [0.29, 0.717) is 13.1 Å². The number of carboxylic acid groups (broad SMARTS) is 1. The summed E-state index contributed by atoms with van der Waals surface area (Å²) in [6.07, 6.45) is -0.931. The Labute approximate surface area is 187 Å². The molecule has 3 rings (SSSR count). The van der Waals surface area contributed by atoms with Crippen LogP contribution in [-0.4, -0.2) is 87.6 Å². The highest BCUT2D eigenvalue weighted by Gasteiger charge is 2.50. The lowest BCUT2D eigenvalue weighted by atomic mass is 10.0. The minimum absolute atomic E-state index is 0.00813. The molecule has 1 aromatic rings. The maximum atomic E-state index is 13.2. The lowest BCUT2D eigenvalue weighted by Crippen LogP contribution is -2.76. The van der Waals surface area contributed by atoms with Crippen molar-refractivity contribution in [2.75, 3.05) is 26.7 Å². The van der Waals surface area contributed by atoms with Gasteiger partial charge < -0.3 is 20.2 Å². The van der Waals surface area contributed by atoms with Gasteiger partial charge in [-0.3, -0.25) is 14.4 Å². The summed E-state index contributed by atoms with van der Waals surface area (Å²) < 4.78 is 0. The van der Waals surface area contributed by atoms with E-state index in [1.54, 1.807) is 17.0 Å². The fraction of sp³-hybridized carbons (Fsp3) is 0.545. The molecule has 2 aliphatic heterocycles. The molecule has 1 aromatic carbocycles. The number of likely N-dealkylation sites (N-methyl/N-ethyl adjacent to an activating group) is 1. The molecule has 0 aliphatic carbocycles. The van der Waals surface area contributed by atoms with Gasteiger partial charge in [-0.05, 0) is 17.9 Å². The van der Waals surface area contributed by atoms with Crippen LogP contribution in [0.15, 0.2) is 30.3 Å². The van der Waals surface area contributed by atoms with Gasteiger partial charge in [0, 0.05) is 26.6 Å². The largest absolute Gasteiger partial charge is 0.481 e. The summed E-state index contributed by atoms with van der Waals surface area (Å²) in [6, 6.07) is 8.19. The number of amides is 4. The van der Waals surface area contributed by atoms with Gasteiger partial charge in [0.15, 0.2) is 0 Å². The Hall–Kier alpha value is -3.14. The highest BCUT2D eigenvalue weighted by molar-refractivity contribution is 5.91. The van der Waals surface area contributed by atoms with Crippen molar-refractivity contribution < 1.29 is 24.3 Å². The van der Waals surface area contributed by atoms with E-state index in [2.05, 4.69) is 5.32 Å². The highest BCUT2D eigenvalue weighted by Crippen LogP contribution is 2.28. The van der Waals surface area contributed by atoms with Gasteiger partial charge in [0.2, 0.25) is 11.8 Å². The fourth-order valence-electron chi connectivity index (χ4n) is 4.30. The smallest absolute Gasteiger partial charge is 0.334 e. The van der Waals surface area contributed by atoms with Crippen LogP contribution >= 0.6 is 0 Å². The van der Waals surface area contributed by atoms with Crippen LogP contribution in [0.1, 0.15) is 32.3 Å². The number of hydrazine groups is 1. The summed E-state index contributed by atoms with van der Waals surface area (Å²) in [5.74, 6) is -1.41. The van der Waals surface area contributed by atoms with E-state index in [-0.39, 0.29) is 49.7 Å². The van der Waals surface area contributed by atoms with Gasteiger partial charge in [0.25, 0.3) is 0 Å². The van der Waals surface area contributed by atoms with Gasteiger partial charge in [-0.1, -0.05) is 44.2 Å². The Balaban J connectivity index is 1.86. The molecule has 0 aromatic heterocycles. The Morgan fingerprint density at radius 2 is 1.88 bits per heavy atom. The van der Waals surface area contributed by atoms with Crippen LogP contribution in [-0.2, 0) is 20.9 Å². The van der Waals surface area contributed by atoms with Gasteiger partial charge in [-0.15, -0.1) is 0 Å². The minimum Gasteiger partial charge on any atom is -0.481 e. The molecule has 10 nitrogen and oxygen atoms in total. The molecule has 2 saturated heterocycles. The minimum atomic E-state index is -1.03. The Kier molecular flexibility index (Phi) is 7.34. The lowest BCUT2D eigenvalue weighted by Gasteiger charge is -2.54. The first kappa shape index (κ1) is 23.5. The summed E-state index contributed by atoms with van der Waals surface area (Å²) in [6.45, 7) is 4.85. The molecule has 0 spiro atoms. The van der Waals surface area contributed by atoms with Crippen molar-refractivity contribution in [3.05, 3.63) is 35.9 Å². The molecule has 2 fully saturated rings. The first-order chi connectivity index (χ1) is 15.2. The lowest BCUT2D eigenvalue weighted by molar-refractivity contribution is -0.188. The van der Waals surface area contributed by atoms with Gasteiger partial charge in [-0.2, -0.15) is 0 Å². The van der Waals surface area contributed by atoms with Crippen molar-refractivity contribution in [1.82, 2.24) is 25.1 Å². The fourth-order valence-corrected chi connectivity index (χ4v) is 4.30. The van der Waals surface area contributed by atoms with E-state index in [4.69, 9.17) is 5.11 Å². The van der Waals surface area contributed by atoms with Crippen LogP contribution in [0.25, 0.3) is 0 Å². The van der Waals surface area contributed by atoms with Gasteiger partial charge in [0.05, 0.1) is 13.1 Å². The number of nitrogens with zero attached hydrogens (tertiary/aromatic N) is 4. The quantitative estimate of drug-likeness (QED) is 0.646. The molecule has 10 heteroatoms. The highest BCUT2D eigenvalue weighted by atomic mass is 16.4. The van der Waals surface area contributed by atoms with E-state index >= 15 is 0 Å². The normalized spacial score (nSPS) is 21.7. The van der Waals surface area contributed by atoms with Crippen molar-refractivity contribution in [3.63, 3.8) is 0 Å². The number of piperazine rings is 1. The zero-order chi connectivity index (χ0) is 23.4. The summed E-state index contributed by atoms with van der Waals surface area (Å²) in [5, 5.41) is 15.1. The number of benzene rings is 1. The number of fused-ring (bicyclic) bond motifs is 1. The summed E-state index contributed by atoms with van der Waals surface area (Å²) in [4.78, 5) is 53.5. The molecule has 0 saturated carbocycles. The number of nitrogens with one attached hydrogen (secondary N) is 1. The number of hydrogen-bond acceptors (Lipinski definition) is 5. The molecule has 0 radical (unpaired) electrons. The molecule has 0 unspecified atom stereocenters. The van der Waals surface area contributed by atoms with E-state index in [0.717, 1.165) is 5.56 Å². The summed E-state index contributed by atoms with van der Waals surface area (Å²) in [5.41, 5.74) is 0.938. The second-order valence-electron chi connectivity index (χ2n) is 8.67. The molecular weight excluding hydrogens is 414 g/mol. The van der Waals surface area contributed by atoms with Crippen LogP contribution in [0.5, 0.6) is 0 Å². The molecule has 0 bridgehead atoms. The predicted octanol–water partition coefficient (Wildman–Crippen LogP) is 0.945. The number of aliphatic carboxylic acids is 1. The average molecular weight is 446 g/mol. The molecule has 4 amide bonds. The first-order valence-electron chi connectivity index (χ1n) is 10.8. The zero-order valence-corrected chi connectivity index (χ0v) is 18.7. The SMILES string of the molecule is CC(C)CN1C[C@H]2N(C(=O)CN(C)N2C(=O)NCc2ccccc2)[C@@H](CCC(=O)O)C1=O. The van der Waals surface area contributed by atoms with E-state index < -0.39 is 18.2 Å². The molecule has 2 N–H and O–H groups in total. The monoisotopic (exact) mass is 445 g/mol. The average Bonchev–Trinajstić information content (AvgIpc) is 2.72. The molecular formula is C22H31N5O5. The third-order valence-electron chi connectivity index (χ3n) is 5.65. The molecule has 2 atom stereocenters. The predicted molar refractivity (Wildman–Crippen MR) is 116 cm³/mol. The second kappa shape index (κ2) is 9.99. The Bertz CT molecular complexity index is 862. The number of urea groups is 1. The number of carbonyl (C=O) groups is 4. The van der Waals surface area contributed by atoms with Crippen molar-refractivity contribution in [3.8, 4) is 0 Å². The zero-order valence-electron chi connectivity index (χ0n) is 18.7. The van der Waals surface area contributed by atoms with Crippen LogP contribution in [0, 0.1) is 5.92 Å². The van der Waals surface area contributed by atoms with Gasteiger partial charge in [0.1, 0.15) is 12.2 Å². The van der Waals surface area contributed by atoms with Crippen molar-refractivity contribution in [2.24, 2.45) is 5.92 Å². The standard InChI is InChI=1S/C22H31N5O5/c1-15(2)12-25-13-18-26(17(21(25)31)9-10-20(29)30)19(28)14-24(3)27(18)22(32)23-11-16-7-5-4-6-8-16/h4-8,15,17-18H,9-14H2,1-3H3,(H,23,32)(H,29,30)/t17-,18-/m0/s1. The summed E-state index contributed by atoms with van der Waals surface area (Å²) in [7, 11) is 1.66. The Morgan fingerprint density at radius 3 is 2.50 bits per heavy atom. The van der Waals surface area contributed by atoms with E-state index in [1.807, 2.05) is 44.2 Å². The topological polar surface area (TPSA) is 114 Å². The number of carboxylic acids is 1. The van der Waals surface area contributed by atoms with Gasteiger partial charge in [-0.25, -0.2) is 14.8 Å². The van der Waals surface area contributed by atoms with Crippen LogP contribution in [0.2, 0.25) is 0 Å². The third kappa shape index (κ3) is 5.18. The molecule has 2 aliphatic rings. The van der Waals surface area contributed by atoms with E-state index in [1.165, 1.54) is 9.91 Å². The van der Waals surface area contributed by atoms with Crippen molar-refractivity contribution in [2.45, 2.75) is 45.4 Å². The molecule has 32 heavy (non-hydrogen) atoms. The van der Waals surface area contributed by atoms with Crippen molar-refractivity contribution in [1.29, 1.82) is 0 Å². The van der Waals surface area contributed by atoms with E-state index in [9.17, 15) is 19.2 Å². The molecule has 174 valence electrons. The number of carbonyl (C=O) groups excluding carboxylic acids is 3. The first-order valence-corrected chi connectivity index (χ1v) is 10.8. The van der Waals surface area contributed by atoms with Gasteiger partial charge >= 0.3 is 12.0 Å². The molecule has 2 heterocycles. The summed E-state index contributed by atoms with van der Waals surface area (Å²) >= 11 is 0. The third-order valence-corrected chi connectivity index (χ3v) is 5.65. The van der Waals surface area contributed by atoms with Crippen LogP contribution in [0.3, 0.4) is 0 Å². The van der Waals surface area contributed by atoms with Crippen molar-refractivity contribution >= 4 is 23.8 Å². The van der Waals surface area contributed by atoms with Crippen LogP contribution < -0.4 is 5.32 Å². The maximum Gasteiger partial charge on any atom is 0.334 e. The second-order valence-corrected chi connectivity index (χ2v) is 8.67. The number of hydrogen-bond donors (Lipinski definition) is 2. The van der Waals surface area contributed by atoms with Crippen LogP contribution in [0.4, 0.5) is 4.79 Å².